The number of nitro benzene ring substituents is 1. The van der Waals surface area contributed by atoms with E-state index < -0.39 is 27.1 Å². The van der Waals surface area contributed by atoms with E-state index in [0.29, 0.717) is 5.02 Å². The molecular weight excluding hydrogens is 420 g/mol. The lowest BCUT2D eigenvalue weighted by Crippen LogP contribution is -2.30. The summed E-state index contributed by atoms with van der Waals surface area (Å²) in [6, 6.07) is 8.25. The number of pyridine rings is 1. The summed E-state index contributed by atoms with van der Waals surface area (Å²) in [7, 11) is 0. The SMILES string of the molecule is O=C(NNc1ncnc(Nc2ccc(Cl)cn2)c1[N+](=O)[O-])c1ccccc1[N+](=O)[O-]. The van der Waals surface area contributed by atoms with Crippen molar-refractivity contribution >= 4 is 46.3 Å². The summed E-state index contributed by atoms with van der Waals surface area (Å²) in [5.74, 6) is -1.20. The van der Waals surface area contributed by atoms with Crippen LogP contribution in [0.15, 0.2) is 48.9 Å². The highest BCUT2D eigenvalue weighted by molar-refractivity contribution is 6.30. The third-order valence-electron chi connectivity index (χ3n) is 3.62. The molecule has 3 rings (SSSR count). The van der Waals surface area contributed by atoms with Crippen LogP contribution in [0.2, 0.25) is 5.02 Å². The maximum Gasteiger partial charge on any atom is 0.355 e. The number of hydrogen-bond acceptors (Lipinski definition) is 10. The van der Waals surface area contributed by atoms with Gasteiger partial charge in [-0.3, -0.25) is 35.9 Å². The predicted octanol–water partition coefficient (Wildman–Crippen LogP) is 2.84. The Bertz CT molecular complexity index is 1120. The van der Waals surface area contributed by atoms with Gasteiger partial charge >= 0.3 is 5.69 Å². The number of nitro groups is 2. The monoisotopic (exact) mass is 430 g/mol. The van der Waals surface area contributed by atoms with E-state index in [0.717, 1.165) is 12.4 Å². The van der Waals surface area contributed by atoms with E-state index in [4.69, 9.17) is 11.6 Å². The average molecular weight is 431 g/mol. The third kappa shape index (κ3) is 4.53. The smallest absolute Gasteiger partial charge is 0.319 e. The lowest BCUT2D eigenvalue weighted by Gasteiger charge is -2.10. The van der Waals surface area contributed by atoms with Crippen LogP contribution in [0.3, 0.4) is 0 Å². The molecule has 0 atom stereocenters. The van der Waals surface area contributed by atoms with Gasteiger partial charge in [0.25, 0.3) is 11.6 Å². The molecule has 0 aliphatic heterocycles. The quantitative estimate of drug-likeness (QED) is 0.372. The van der Waals surface area contributed by atoms with Crippen molar-refractivity contribution in [2.24, 2.45) is 0 Å². The molecule has 0 spiro atoms. The van der Waals surface area contributed by atoms with Crippen LogP contribution < -0.4 is 16.2 Å². The van der Waals surface area contributed by atoms with E-state index in [2.05, 4.69) is 31.1 Å². The second kappa shape index (κ2) is 8.74. The first kappa shape index (κ1) is 20.3. The standard InChI is InChI=1S/C16H11ClN8O5/c17-9-5-6-12(18-7-9)21-14-13(25(29)30)15(20-8-19-14)22-23-16(26)10-3-1-2-4-11(10)24(27)28/h1-8H,(H,23,26)(H2,18,19,20,21,22). The van der Waals surface area contributed by atoms with Crippen LogP contribution in [0.5, 0.6) is 0 Å². The van der Waals surface area contributed by atoms with Gasteiger partial charge in [-0.05, 0) is 18.2 Å². The molecule has 0 aliphatic carbocycles. The van der Waals surface area contributed by atoms with E-state index in [-0.39, 0.29) is 23.0 Å². The van der Waals surface area contributed by atoms with Gasteiger partial charge in [0, 0.05) is 12.3 Å². The second-order valence-corrected chi connectivity index (χ2v) is 5.95. The molecular formula is C16H11ClN8O5. The molecule has 0 fully saturated rings. The third-order valence-corrected chi connectivity index (χ3v) is 3.84. The zero-order valence-corrected chi connectivity index (χ0v) is 15.5. The number of nitrogens with one attached hydrogen (secondary N) is 3. The highest BCUT2D eigenvalue weighted by Gasteiger charge is 2.25. The second-order valence-electron chi connectivity index (χ2n) is 5.52. The Labute approximate surface area is 172 Å². The molecule has 2 aromatic heterocycles. The lowest BCUT2D eigenvalue weighted by molar-refractivity contribution is -0.385. The largest absolute Gasteiger partial charge is 0.355 e. The number of amides is 1. The van der Waals surface area contributed by atoms with Crippen molar-refractivity contribution in [1.29, 1.82) is 0 Å². The van der Waals surface area contributed by atoms with Gasteiger partial charge in [-0.1, -0.05) is 23.7 Å². The summed E-state index contributed by atoms with van der Waals surface area (Å²) in [6.45, 7) is 0. The van der Waals surface area contributed by atoms with Crippen LogP contribution in [-0.2, 0) is 0 Å². The Morgan fingerprint density at radius 1 is 0.967 bits per heavy atom. The number of carbonyl (C=O) groups is 1. The molecule has 0 aliphatic rings. The number of halogens is 1. The first-order valence-electron chi connectivity index (χ1n) is 8.04. The van der Waals surface area contributed by atoms with E-state index in [9.17, 15) is 25.0 Å². The predicted molar refractivity (Wildman–Crippen MR) is 105 cm³/mol. The summed E-state index contributed by atoms with van der Waals surface area (Å²) >= 11 is 5.76. The maximum atomic E-state index is 12.3. The number of aromatic nitrogens is 3. The lowest BCUT2D eigenvalue weighted by atomic mass is 10.2. The van der Waals surface area contributed by atoms with Crippen LogP contribution in [0.4, 0.5) is 28.8 Å². The Morgan fingerprint density at radius 3 is 2.37 bits per heavy atom. The van der Waals surface area contributed by atoms with Gasteiger partial charge in [-0.2, -0.15) is 0 Å². The fraction of sp³-hybridized carbons (Fsp3) is 0. The van der Waals surface area contributed by atoms with Crippen molar-refractivity contribution in [1.82, 2.24) is 20.4 Å². The number of benzene rings is 1. The van der Waals surface area contributed by atoms with Crippen LogP contribution in [0, 0.1) is 20.2 Å². The average Bonchev–Trinajstić information content (AvgIpc) is 2.73. The summed E-state index contributed by atoms with van der Waals surface area (Å²) in [5, 5.41) is 25.6. The van der Waals surface area contributed by atoms with Crippen molar-refractivity contribution in [3.63, 3.8) is 0 Å². The number of hydrazine groups is 1. The summed E-state index contributed by atoms with van der Waals surface area (Å²) in [6.07, 6.45) is 2.35. The van der Waals surface area contributed by atoms with Crippen molar-refractivity contribution in [3.05, 3.63) is 79.7 Å². The van der Waals surface area contributed by atoms with Crippen LogP contribution >= 0.6 is 11.6 Å². The molecule has 1 amide bonds. The number of rotatable bonds is 7. The van der Waals surface area contributed by atoms with Gasteiger partial charge in [0.1, 0.15) is 17.7 Å². The highest BCUT2D eigenvalue weighted by atomic mass is 35.5. The first-order chi connectivity index (χ1) is 14.4. The van der Waals surface area contributed by atoms with Crippen molar-refractivity contribution in [2.75, 3.05) is 10.7 Å². The topological polar surface area (TPSA) is 178 Å². The molecule has 14 heteroatoms. The maximum absolute atomic E-state index is 12.3. The normalized spacial score (nSPS) is 10.2. The minimum absolute atomic E-state index is 0.202. The minimum Gasteiger partial charge on any atom is -0.319 e. The zero-order valence-electron chi connectivity index (χ0n) is 14.8. The first-order valence-corrected chi connectivity index (χ1v) is 8.42. The molecule has 0 saturated carbocycles. The molecule has 0 bridgehead atoms. The molecule has 152 valence electrons. The van der Waals surface area contributed by atoms with Crippen LogP contribution in [-0.4, -0.2) is 30.7 Å². The summed E-state index contributed by atoms with van der Waals surface area (Å²) in [5.41, 5.74) is 3.20. The van der Waals surface area contributed by atoms with Crippen LogP contribution in [0.1, 0.15) is 10.4 Å². The Morgan fingerprint density at radius 2 is 1.70 bits per heavy atom. The molecule has 3 aromatic rings. The molecule has 30 heavy (non-hydrogen) atoms. The van der Waals surface area contributed by atoms with Gasteiger partial charge in [0.05, 0.1) is 14.9 Å². The minimum atomic E-state index is -0.885. The van der Waals surface area contributed by atoms with Gasteiger partial charge in [-0.15, -0.1) is 0 Å². The fourth-order valence-corrected chi connectivity index (χ4v) is 2.43. The van der Waals surface area contributed by atoms with E-state index in [1.54, 1.807) is 0 Å². The zero-order chi connectivity index (χ0) is 21.7. The number of anilines is 3. The molecule has 13 nitrogen and oxygen atoms in total. The van der Waals surface area contributed by atoms with Gasteiger partial charge < -0.3 is 5.32 Å². The number of carbonyl (C=O) groups excluding carboxylic acids is 1. The molecule has 0 unspecified atom stereocenters. The van der Waals surface area contributed by atoms with Gasteiger partial charge in [-0.25, -0.2) is 15.0 Å². The molecule has 2 heterocycles. The molecule has 0 radical (unpaired) electrons. The number of hydrogen-bond donors (Lipinski definition) is 3. The fourth-order valence-electron chi connectivity index (χ4n) is 2.31. The van der Waals surface area contributed by atoms with Crippen molar-refractivity contribution in [2.45, 2.75) is 0 Å². The van der Waals surface area contributed by atoms with Crippen molar-refractivity contribution < 1.29 is 14.6 Å². The van der Waals surface area contributed by atoms with E-state index in [1.165, 1.54) is 36.5 Å². The van der Waals surface area contributed by atoms with Crippen molar-refractivity contribution in [3.8, 4) is 0 Å². The molecule has 0 saturated heterocycles. The van der Waals surface area contributed by atoms with Gasteiger partial charge in [0.15, 0.2) is 0 Å². The summed E-state index contributed by atoms with van der Waals surface area (Å²) < 4.78 is 0. The highest BCUT2D eigenvalue weighted by Crippen LogP contribution is 2.30. The van der Waals surface area contributed by atoms with E-state index >= 15 is 0 Å². The van der Waals surface area contributed by atoms with Crippen LogP contribution in [0.25, 0.3) is 0 Å². The number of para-hydroxylation sites is 1. The molecule has 3 N–H and O–H groups in total. The molecule has 1 aromatic carbocycles. The number of nitrogens with zero attached hydrogens (tertiary/aromatic N) is 5. The summed E-state index contributed by atoms with van der Waals surface area (Å²) in [4.78, 5) is 45.0. The van der Waals surface area contributed by atoms with Gasteiger partial charge in [0.2, 0.25) is 11.6 Å². The Hall–Kier alpha value is -4.39. The Balaban J connectivity index is 1.84. The Kier molecular flexibility index (Phi) is 5.93. The van der Waals surface area contributed by atoms with E-state index in [1.807, 2.05) is 0 Å².